The zero-order chi connectivity index (χ0) is 26.1. The predicted octanol–water partition coefficient (Wildman–Crippen LogP) is 8.60. The summed E-state index contributed by atoms with van der Waals surface area (Å²) < 4.78 is 0.970. The van der Waals surface area contributed by atoms with Gasteiger partial charge in [-0.1, -0.05) is 88.2 Å². The first kappa shape index (κ1) is 24.6. The molecule has 0 radical (unpaired) electrons. The minimum atomic E-state index is -0.0148. The summed E-state index contributed by atoms with van der Waals surface area (Å²) in [7, 11) is 0. The summed E-state index contributed by atoms with van der Waals surface area (Å²) in [5.41, 5.74) is 7.55. The highest BCUT2D eigenvalue weighted by Crippen LogP contribution is 2.44. The average Bonchev–Trinajstić information content (AvgIpc) is 2.95. The number of rotatable bonds is 6. The number of halogens is 2. The highest BCUT2D eigenvalue weighted by molar-refractivity contribution is 9.10. The van der Waals surface area contributed by atoms with E-state index in [0.29, 0.717) is 17.4 Å². The Labute approximate surface area is 234 Å². The highest BCUT2D eigenvalue weighted by atomic mass is 79.9. The molecule has 0 aliphatic heterocycles. The number of aliphatic hydroxyl groups excluding tert-OH is 1. The number of benzene rings is 4. The van der Waals surface area contributed by atoms with Crippen molar-refractivity contribution in [2.45, 2.75) is 0 Å². The molecule has 0 saturated heterocycles. The summed E-state index contributed by atoms with van der Waals surface area (Å²) in [6, 6.07) is 34.6. The van der Waals surface area contributed by atoms with Gasteiger partial charge in [0, 0.05) is 32.4 Å². The van der Waals surface area contributed by atoms with Crippen LogP contribution in [0.5, 0.6) is 0 Å². The molecule has 0 unspecified atom stereocenters. The van der Waals surface area contributed by atoms with E-state index in [0.717, 1.165) is 59.8 Å². The van der Waals surface area contributed by atoms with E-state index in [1.807, 2.05) is 66.7 Å². The van der Waals surface area contributed by atoms with Gasteiger partial charge in [-0.05, 0) is 59.2 Å². The van der Waals surface area contributed by atoms with E-state index in [2.05, 4.69) is 57.6 Å². The Morgan fingerprint density at radius 2 is 1.39 bits per heavy atom. The van der Waals surface area contributed by atoms with Gasteiger partial charge in [0.15, 0.2) is 0 Å². The largest absolute Gasteiger partial charge is 0.395 e. The summed E-state index contributed by atoms with van der Waals surface area (Å²) in [5, 5.41) is 15.7. The zero-order valence-electron chi connectivity index (χ0n) is 20.3. The molecule has 2 aromatic heterocycles. The number of aromatic nitrogens is 2. The molecule has 2 heterocycles. The Hall–Kier alpha value is -3.77. The minimum absolute atomic E-state index is 0.0148. The number of anilines is 1. The Balaban J connectivity index is 1.75. The van der Waals surface area contributed by atoms with Gasteiger partial charge in [0.25, 0.3) is 0 Å². The molecule has 6 rings (SSSR count). The van der Waals surface area contributed by atoms with Gasteiger partial charge in [-0.2, -0.15) is 0 Å². The van der Waals surface area contributed by atoms with Crippen molar-refractivity contribution in [3.05, 3.63) is 113 Å². The zero-order valence-corrected chi connectivity index (χ0v) is 22.7. The van der Waals surface area contributed by atoms with E-state index >= 15 is 0 Å². The third-order valence-electron chi connectivity index (χ3n) is 6.53. The van der Waals surface area contributed by atoms with Crippen LogP contribution in [0, 0.1) is 0 Å². The van der Waals surface area contributed by atoms with Crippen LogP contribution in [-0.4, -0.2) is 28.2 Å². The summed E-state index contributed by atoms with van der Waals surface area (Å²) in [6.45, 7) is 0.351. The van der Waals surface area contributed by atoms with E-state index in [9.17, 15) is 5.11 Å². The molecule has 6 heteroatoms. The number of nitrogens with zero attached hydrogens (tertiary/aromatic N) is 2. The normalized spacial score (nSPS) is 11.2. The number of nitrogens with one attached hydrogen (secondary N) is 1. The number of aliphatic hydroxyl groups is 1. The molecule has 4 aromatic carbocycles. The lowest BCUT2D eigenvalue weighted by Crippen LogP contribution is -2.10. The molecular weight excluding hydrogens is 558 g/mol. The molecule has 0 saturated carbocycles. The van der Waals surface area contributed by atoms with Crippen molar-refractivity contribution < 1.29 is 5.11 Å². The van der Waals surface area contributed by atoms with E-state index in [1.165, 1.54) is 0 Å². The maximum Gasteiger partial charge on any atom is 0.136 e. The summed E-state index contributed by atoms with van der Waals surface area (Å²) in [6.07, 6.45) is 0. The van der Waals surface area contributed by atoms with Gasteiger partial charge in [-0.25, -0.2) is 9.97 Å². The van der Waals surface area contributed by atoms with Crippen molar-refractivity contribution in [1.82, 2.24) is 9.97 Å². The number of hydrogen-bond acceptors (Lipinski definition) is 4. The van der Waals surface area contributed by atoms with Crippen LogP contribution in [0.2, 0.25) is 5.02 Å². The average molecular weight is 581 g/mol. The molecule has 0 atom stereocenters. The van der Waals surface area contributed by atoms with E-state index < -0.39 is 0 Å². The van der Waals surface area contributed by atoms with Gasteiger partial charge < -0.3 is 10.4 Å². The molecule has 0 aliphatic carbocycles. The molecule has 0 aliphatic rings. The van der Waals surface area contributed by atoms with Gasteiger partial charge in [0.2, 0.25) is 0 Å². The lowest BCUT2D eigenvalue weighted by atomic mass is 9.91. The number of hydrogen-bond donors (Lipinski definition) is 2. The number of pyridine rings is 2. The standard InChI is InChI=1S/C32H23BrClN3O/c33-22-11-13-28-26(17-22)30(21-9-5-2-6-10-21)31(32(37-28)35-15-16-38)29-19-24(20-7-3-1-4-8-20)25-18-23(34)12-14-27(25)36-29/h1-14,17-19,38H,15-16H2,(H,35,37). The fourth-order valence-corrected chi connectivity index (χ4v) is 5.41. The predicted molar refractivity (Wildman–Crippen MR) is 162 cm³/mol. The fraction of sp³-hybridized carbons (Fsp3) is 0.0625. The first-order chi connectivity index (χ1) is 18.6. The van der Waals surface area contributed by atoms with Gasteiger partial charge >= 0.3 is 0 Å². The third-order valence-corrected chi connectivity index (χ3v) is 7.25. The summed E-state index contributed by atoms with van der Waals surface area (Å²) in [5.74, 6) is 0.674. The van der Waals surface area contributed by atoms with Crippen molar-refractivity contribution in [3.63, 3.8) is 0 Å². The lowest BCUT2D eigenvalue weighted by molar-refractivity contribution is 0.311. The second kappa shape index (κ2) is 10.5. The Morgan fingerprint density at radius 3 is 2.13 bits per heavy atom. The Kier molecular flexibility index (Phi) is 6.81. The SMILES string of the molecule is OCCNc1nc2ccc(Br)cc2c(-c2ccccc2)c1-c1cc(-c2ccccc2)c2cc(Cl)ccc2n1. The van der Waals surface area contributed by atoms with E-state index in [4.69, 9.17) is 21.6 Å². The van der Waals surface area contributed by atoms with Crippen LogP contribution < -0.4 is 5.32 Å². The van der Waals surface area contributed by atoms with Gasteiger partial charge in [0.1, 0.15) is 5.82 Å². The van der Waals surface area contributed by atoms with Gasteiger partial charge in [-0.15, -0.1) is 0 Å². The van der Waals surface area contributed by atoms with Crippen LogP contribution in [0.25, 0.3) is 55.3 Å². The molecule has 2 N–H and O–H groups in total. The molecule has 6 aromatic rings. The summed E-state index contributed by atoms with van der Waals surface area (Å²) in [4.78, 5) is 10.2. The van der Waals surface area contributed by atoms with Crippen LogP contribution in [0.15, 0.2) is 108 Å². The smallest absolute Gasteiger partial charge is 0.136 e. The van der Waals surface area contributed by atoms with Crippen molar-refractivity contribution in [1.29, 1.82) is 0 Å². The maximum absolute atomic E-state index is 9.66. The molecule has 0 bridgehead atoms. The van der Waals surface area contributed by atoms with Crippen LogP contribution in [0.3, 0.4) is 0 Å². The van der Waals surface area contributed by atoms with Crippen molar-refractivity contribution in [2.75, 3.05) is 18.5 Å². The van der Waals surface area contributed by atoms with Gasteiger partial charge in [-0.3, -0.25) is 0 Å². The molecule has 38 heavy (non-hydrogen) atoms. The fourth-order valence-electron chi connectivity index (χ4n) is 4.87. The second-order valence-electron chi connectivity index (χ2n) is 8.97. The van der Waals surface area contributed by atoms with Crippen molar-refractivity contribution in [3.8, 4) is 33.5 Å². The first-order valence-corrected chi connectivity index (χ1v) is 13.5. The highest BCUT2D eigenvalue weighted by Gasteiger charge is 2.21. The molecule has 186 valence electrons. The maximum atomic E-state index is 9.66. The van der Waals surface area contributed by atoms with Crippen molar-refractivity contribution in [2.24, 2.45) is 0 Å². The molecule has 0 spiro atoms. The quantitative estimate of drug-likeness (QED) is 0.207. The van der Waals surface area contributed by atoms with Crippen LogP contribution >= 0.6 is 27.5 Å². The Morgan fingerprint density at radius 1 is 0.711 bits per heavy atom. The molecular formula is C32H23BrClN3O. The third kappa shape index (κ3) is 4.65. The van der Waals surface area contributed by atoms with E-state index in [1.54, 1.807) is 0 Å². The number of fused-ring (bicyclic) bond motifs is 2. The van der Waals surface area contributed by atoms with Gasteiger partial charge in [0.05, 0.1) is 28.9 Å². The second-order valence-corrected chi connectivity index (χ2v) is 10.3. The summed E-state index contributed by atoms with van der Waals surface area (Å²) >= 11 is 10.1. The molecule has 0 fully saturated rings. The first-order valence-electron chi connectivity index (χ1n) is 12.3. The monoisotopic (exact) mass is 579 g/mol. The topological polar surface area (TPSA) is 58.0 Å². The lowest BCUT2D eigenvalue weighted by Gasteiger charge is -2.20. The van der Waals surface area contributed by atoms with Crippen LogP contribution in [0.1, 0.15) is 0 Å². The minimum Gasteiger partial charge on any atom is -0.395 e. The van der Waals surface area contributed by atoms with Crippen LogP contribution in [-0.2, 0) is 0 Å². The molecule has 4 nitrogen and oxygen atoms in total. The molecule has 0 amide bonds. The van der Waals surface area contributed by atoms with E-state index in [-0.39, 0.29) is 6.61 Å². The Bertz CT molecular complexity index is 1780. The van der Waals surface area contributed by atoms with Crippen molar-refractivity contribution >= 4 is 55.2 Å². The van der Waals surface area contributed by atoms with Crippen LogP contribution in [0.4, 0.5) is 5.82 Å².